The highest BCUT2D eigenvalue weighted by Crippen LogP contribution is 2.16. The number of benzene rings is 2. The molecule has 0 unspecified atom stereocenters. The number of amides is 1. The van der Waals surface area contributed by atoms with E-state index in [9.17, 15) is 22.0 Å². The highest BCUT2D eigenvalue weighted by atomic mass is 32.2. The van der Waals surface area contributed by atoms with E-state index in [0.29, 0.717) is 11.8 Å². The fraction of sp³-hybridized carbons (Fsp3) is 0.235. The summed E-state index contributed by atoms with van der Waals surface area (Å²) in [6.45, 7) is 0. The number of carbonyl (C=O) groups is 1. The molecular formula is C17H18F2N2O3S. The largest absolute Gasteiger partial charge is 0.349 e. The lowest BCUT2D eigenvalue weighted by atomic mass is 10.1. The van der Waals surface area contributed by atoms with Crippen molar-refractivity contribution in [2.75, 3.05) is 18.8 Å². The van der Waals surface area contributed by atoms with Gasteiger partial charge in [0.1, 0.15) is 11.6 Å². The molecule has 0 aliphatic rings. The summed E-state index contributed by atoms with van der Waals surface area (Å²) < 4.78 is 52.9. The number of likely N-dealkylation sites (N-methyl/N-ethyl adjacent to an activating group) is 1. The summed E-state index contributed by atoms with van der Waals surface area (Å²) in [5, 5.41) is 0. The molecule has 0 bridgehead atoms. The molecular weight excluding hydrogens is 350 g/mol. The van der Waals surface area contributed by atoms with Crippen LogP contribution in [0.1, 0.15) is 11.1 Å². The van der Waals surface area contributed by atoms with Gasteiger partial charge >= 0.3 is 0 Å². The molecule has 25 heavy (non-hydrogen) atoms. The van der Waals surface area contributed by atoms with E-state index in [4.69, 9.17) is 0 Å². The lowest BCUT2D eigenvalue weighted by Gasteiger charge is -2.11. The van der Waals surface area contributed by atoms with E-state index < -0.39 is 27.4 Å². The molecule has 2 aromatic rings. The van der Waals surface area contributed by atoms with Crippen LogP contribution in [0.2, 0.25) is 0 Å². The van der Waals surface area contributed by atoms with Crippen LogP contribution in [0.25, 0.3) is 0 Å². The second-order valence-corrected chi connectivity index (χ2v) is 7.52. The molecule has 1 amide bonds. The van der Waals surface area contributed by atoms with Crippen LogP contribution in [0.4, 0.5) is 14.5 Å². The van der Waals surface area contributed by atoms with Crippen molar-refractivity contribution in [1.29, 1.82) is 0 Å². The van der Waals surface area contributed by atoms with Gasteiger partial charge in [-0.05, 0) is 35.4 Å². The summed E-state index contributed by atoms with van der Waals surface area (Å²) in [5.41, 5.74) is 1.06. The maximum absolute atomic E-state index is 13.1. The molecule has 8 heteroatoms. The van der Waals surface area contributed by atoms with Crippen LogP contribution in [0.3, 0.4) is 0 Å². The minimum absolute atomic E-state index is 0.0122. The van der Waals surface area contributed by atoms with Crippen LogP contribution < -0.4 is 4.72 Å². The van der Waals surface area contributed by atoms with Crippen molar-refractivity contribution in [3.8, 4) is 0 Å². The van der Waals surface area contributed by atoms with Gasteiger partial charge in [0, 0.05) is 25.8 Å². The summed E-state index contributed by atoms with van der Waals surface area (Å²) in [5.74, 6) is -2.29. The Morgan fingerprint density at radius 2 is 1.56 bits per heavy atom. The van der Waals surface area contributed by atoms with E-state index in [-0.39, 0.29) is 17.9 Å². The number of nitrogens with zero attached hydrogens (tertiary/aromatic N) is 1. The maximum atomic E-state index is 13.1. The topological polar surface area (TPSA) is 66.5 Å². The van der Waals surface area contributed by atoms with Gasteiger partial charge in [-0.2, -0.15) is 0 Å². The molecule has 0 saturated heterocycles. The third-order valence-electron chi connectivity index (χ3n) is 3.36. The van der Waals surface area contributed by atoms with Crippen molar-refractivity contribution in [1.82, 2.24) is 4.90 Å². The molecule has 0 aromatic heterocycles. The molecule has 0 atom stereocenters. The molecule has 1 N–H and O–H groups in total. The minimum atomic E-state index is -3.83. The summed E-state index contributed by atoms with van der Waals surface area (Å²) >= 11 is 0. The first-order valence-corrected chi connectivity index (χ1v) is 9.04. The Morgan fingerprint density at radius 3 is 2.08 bits per heavy atom. The monoisotopic (exact) mass is 368 g/mol. The minimum Gasteiger partial charge on any atom is -0.349 e. The normalized spacial score (nSPS) is 11.2. The fourth-order valence-electron chi connectivity index (χ4n) is 2.15. The van der Waals surface area contributed by atoms with Crippen LogP contribution >= 0.6 is 0 Å². The molecule has 0 saturated carbocycles. The van der Waals surface area contributed by atoms with Gasteiger partial charge < -0.3 is 4.90 Å². The van der Waals surface area contributed by atoms with Crippen LogP contribution in [0.5, 0.6) is 0 Å². The molecule has 134 valence electrons. The van der Waals surface area contributed by atoms with Gasteiger partial charge in [0.25, 0.3) is 0 Å². The van der Waals surface area contributed by atoms with Crippen molar-refractivity contribution in [3.05, 3.63) is 65.2 Å². The highest BCUT2D eigenvalue weighted by Gasteiger charge is 2.14. The summed E-state index contributed by atoms with van der Waals surface area (Å²) in [6.07, 6.45) is 0.211. The summed E-state index contributed by atoms with van der Waals surface area (Å²) in [4.78, 5) is 13.1. The second-order valence-electron chi connectivity index (χ2n) is 5.80. The van der Waals surface area contributed by atoms with Gasteiger partial charge in [-0.1, -0.05) is 12.1 Å². The summed E-state index contributed by atoms with van der Waals surface area (Å²) in [6, 6.07) is 8.96. The Morgan fingerprint density at radius 1 is 1.00 bits per heavy atom. The number of hydrogen-bond acceptors (Lipinski definition) is 3. The molecule has 2 aromatic carbocycles. The van der Waals surface area contributed by atoms with Crippen molar-refractivity contribution < 1.29 is 22.0 Å². The van der Waals surface area contributed by atoms with Crippen LogP contribution in [-0.2, 0) is 27.0 Å². The smallest absolute Gasteiger partial charge is 0.236 e. The Kier molecular flexibility index (Phi) is 5.73. The van der Waals surface area contributed by atoms with E-state index in [0.717, 1.165) is 17.7 Å². The third kappa shape index (κ3) is 5.82. The SMILES string of the molecule is CN(C)C(=O)Cc1ccc(NS(=O)(=O)Cc2cc(F)cc(F)c2)cc1. The standard InChI is InChI=1S/C17H18F2N2O3S/c1-21(2)17(22)9-12-3-5-16(6-4-12)20-25(23,24)11-13-7-14(18)10-15(19)8-13/h3-8,10,20H,9,11H2,1-2H3. The number of rotatable bonds is 6. The van der Waals surface area contributed by atoms with Crippen LogP contribution in [0.15, 0.2) is 42.5 Å². The third-order valence-corrected chi connectivity index (χ3v) is 4.62. The number of halogens is 2. The molecule has 0 spiro atoms. The van der Waals surface area contributed by atoms with Crippen molar-refractivity contribution >= 4 is 21.6 Å². The number of carbonyl (C=O) groups excluding carboxylic acids is 1. The first-order chi connectivity index (χ1) is 11.6. The zero-order valence-corrected chi connectivity index (χ0v) is 14.6. The Balaban J connectivity index is 2.06. The predicted molar refractivity (Wildman–Crippen MR) is 91.4 cm³/mol. The zero-order valence-electron chi connectivity index (χ0n) is 13.8. The number of anilines is 1. The predicted octanol–water partition coefficient (Wildman–Crippen LogP) is 2.54. The van der Waals surface area contributed by atoms with Crippen molar-refractivity contribution in [3.63, 3.8) is 0 Å². The van der Waals surface area contributed by atoms with Gasteiger partial charge in [-0.25, -0.2) is 17.2 Å². The quantitative estimate of drug-likeness (QED) is 0.852. The second kappa shape index (κ2) is 7.60. The molecule has 2 rings (SSSR count). The van der Waals surface area contributed by atoms with Gasteiger partial charge in [0.15, 0.2) is 0 Å². The molecule has 0 heterocycles. The Labute approximate surface area is 145 Å². The lowest BCUT2D eigenvalue weighted by Crippen LogP contribution is -2.23. The summed E-state index contributed by atoms with van der Waals surface area (Å²) in [7, 11) is -0.523. The van der Waals surface area contributed by atoms with E-state index >= 15 is 0 Å². The van der Waals surface area contributed by atoms with Gasteiger partial charge in [0.05, 0.1) is 12.2 Å². The average molecular weight is 368 g/mol. The van der Waals surface area contributed by atoms with Crippen LogP contribution in [-0.4, -0.2) is 33.3 Å². The molecule has 0 aliphatic carbocycles. The number of nitrogens with one attached hydrogen (secondary N) is 1. The van der Waals surface area contributed by atoms with Gasteiger partial charge in [-0.3, -0.25) is 9.52 Å². The molecule has 0 aliphatic heterocycles. The average Bonchev–Trinajstić information content (AvgIpc) is 2.47. The Bertz CT molecular complexity index is 846. The number of sulfonamides is 1. The first kappa shape index (κ1) is 18.9. The van der Waals surface area contributed by atoms with Crippen molar-refractivity contribution in [2.45, 2.75) is 12.2 Å². The molecule has 5 nitrogen and oxygen atoms in total. The lowest BCUT2D eigenvalue weighted by molar-refractivity contribution is -0.127. The maximum Gasteiger partial charge on any atom is 0.236 e. The van der Waals surface area contributed by atoms with Gasteiger partial charge in [-0.15, -0.1) is 0 Å². The molecule has 0 radical (unpaired) electrons. The number of hydrogen-bond donors (Lipinski definition) is 1. The zero-order chi connectivity index (χ0) is 18.6. The van der Waals surface area contributed by atoms with E-state index in [1.54, 1.807) is 26.2 Å². The highest BCUT2D eigenvalue weighted by molar-refractivity contribution is 7.91. The molecule has 0 fully saturated rings. The van der Waals surface area contributed by atoms with E-state index in [1.165, 1.54) is 17.0 Å². The van der Waals surface area contributed by atoms with Crippen LogP contribution in [0, 0.1) is 11.6 Å². The fourth-order valence-corrected chi connectivity index (χ4v) is 3.33. The van der Waals surface area contributed by atoms with Crippen molar-refractivity contribution in [2.24, 2.45) is 0 Å². The van der Waals surface area contributed by atoms with E-state index in [1.807, 2.05) is 0 Å². The van der Waals surface area contributed by atoms with E-state index in [2.05, 4.69) is 4.72 Å². The Hall–Kier alpha value is -2.48. The first-order valence-electron chi connectivity index (χ1n) is 7.39. The van der Waals surface area contributed by atoms with Gasteiger partial charge in [0.2, 0.25) is 15.9 Å².